The Labute approximate surface area is 303 Å². The zero-order chi connectivity index (χ0) is 35.3. The van der Waals surface area contributed by atoms with E-state index >= 15 is 0 Å². The Morgan fingerprint density at radius 1 is 0.776 bits per heavy atom. The van der Waals surface area contributed by atoms with Gasteiger partial charge >= 0.3 is 20.1 Å². The van der Waals surface area contributed by atoms with Crippen LogP contribution in [0.5, 0.6) is 0 Å². The minimum Gasteiger partial charge on any atom is -0.514 e. The van der Waals surface area contributed by atoms with Gasteiger partial charge in [0.25, 0.3) is 0 Å². The number of imidazole rings is 2. The van der Waals surface area contributed by atoms with Gasteiger partial charge in [-0.05, 0) is 10.9 Å². The monoisotopic (exact) mass is 818 g/mol. The fourth-order valence-electron chi connectivity index (χ4n) is 7.46. The molecule has 0 aliphatic carbocycles. The molecule has 6 heteroatoms. The van der Waals surface area contributed by atoms with E-state index in [0.29, 0.717) is 11.1 Å². The van der Waals surface area contributed by atoms with Crippen molar-refractivity contribution in [3.8, 4) is 16.9 Å². The molecule has 49 heavy (non-hydrogen) atoms. The van der Waals surface area contributed by atoms with Crippen LogP contribution in [0.4, 0.5) is 0 Å². The normalized spacial score (nSPS) is 15.6. The van der Waals surface area contributed by atoms with Gasteiger partial charge in [-0.1, -0.05) is 111 Å². The molecule has 0 saturated heterocycles. The van der Waals surface area contributed by atoms with E-state index in [1.165, 1.54) is 37.7 Å². The summed E-state index contributed by atoms with van der Waals surface area (Å²) in [4.78, 5) is 5.26. The first kappa shape index (κ1) is 27.9. The van der Waals surface area contributed by atoms with E-state index in [1.54, 1.807) is 23.0 Å². The average molecular weight is 818 g/mol. The van der Waals surface area contributed by atoms with Crippen molar-refractivity contribution in [3.05, 3.63) is 145 Å². The standard InChI is InChI=1S/C27H23N2.C16H11N2O.Ir/c1-26(2)21-16-10-15-19-18-13-8-9-14-20(18)25-28-22(17-11-6-5-7-12-17)24(27(26,3)4)29(25)23(19)21;1-17-11-18(14-8-4-3-7-13(14)17)15-10-19-16-9-5-2-6-12(15)16;/h5-13,15-16H,1-4H3;2-5,7-10H,1H3;/q2*-1;+3/i;1D3;. The second kappa shape index (κ2) is 11.3. The van der Waals surface area contributed by atoms with Gasteiger partial charge in [-0.25, -0.2) is 0 Å². The summed E-state index contributed by atoms with van der Waals surface area (Å²) < 4.78 is 33.9. The first-order valence-electron chi connectivity index (χ1n) is 17.7. The molecule has 0 radical (unpaired) electrons. The van der Waals surface area contributed by atoms with E-state index in [4.69, 9.17) is 13.5 Å². The number of aryl methyl sites for hydroxylation is 1. The number of fused-ring (bicyclic) bond motifs is 5. The van der Waals surface area contributed by atoms with E-state index in [9.17, 15) is 0 Å². The summed E-state index contributed by atoms with van der Waals surface area (Å²) in [6, 6.07) is 43.0. The van der Waals surface area contributed by atoms with Gasteiger partial charge in [-0.15, -0.1) is 53.9 Å². The second-order valence-electron chi connectivity index (χ2n) is 13.5. The third-order valence-electron chi connectivity index (χ3n) is 10.6. The van der Waals surface area contributed by atoms with Gasteiger partial charge < -0.3 is 18.0 Å². The van der Waals surface area contributed by atoms with Crippen LogP contribution in [-0.4, -0.2) is 14.0 Å². The number of benzene rings is 5. The maximum Gasteiger partial charge on any atom is 3.00 e. The Kier molecular flexibility index (Phi) is 6.41. The van der Waals surface area contributed by atoms with Crippen LogP contribution in [0, 0.1) is 18.5 Å². The SMILES string of the molecule is CC1(C)c2cccc3c4ccc[c-]c4c4nc(-c5ccccc5)c(n4c23)C1(C)C.[2H]C([2H])([2H])[n+]1[c-]n(-c2coc3ccc[c-]c23)c2ccccc21.[Ir+3]. The summed E-state index contributed by atoms with van der Waals surface area (Å²) in [7, 11) is 0. The van der Waals surface area contributed by atoms with Crippen molar-refractivity contribution in [2.24, 2.45) is 6.98 Å². The van der Waals surface area contributed by atoms with E-state index in [2.05, 4.69) is 111 Å². The molecule has 0 N–H and O–H groups in total. The fraction of sp³-hybridized carbons (Fsp3) is 0.163. The van der Waals surface area contributed by atoms with Crippen LogP contribution in [-0.2, 0) is 37.9 Å². The molecule has 0 spiro atoms. The Hall–Kier alpha value is -5.03. The van der Waals surface area contributed by atoms with Gasteiger partial charge in [0.15, 0.2) is 0 Å². The summed E-state index contributed by atoms with van der Waals surface area (Å²) in [5.41, 5.74) is 9.88. The number of hydrogen-bond donors (Lipinski definition) is 0. The number of rotatable bonds is 2. The topological polar surface area (TPSA) is 39.2 Å². The summed E-state index contributed by atoms with van der Waals surface area (Å²) in [6.07, 6.45) is 4.51. The van der Waals surface area contributed by atoms with Crippen LogP contribution in [0.25, 0.3) is 66.3 Å². The van der Waals surface area contributed by atoms with Crippen LogP contribution in [0.3, 0.4) is 0 Å². The zero-order valence-electron chi connectivity index (χ0n) is 30.5. The maximum absolute atomic E-state index is 7.68. The number of aromatic nitrogens is 4. The van der Waals surface area contributed by atoms with Crippen molar-refractivity contribution in [1.29, 1.82) is 0 Å². The molecule has 5 aromatic carbocycles. The summed E-state index contributed by atoms with van der Waals surface area (Å²) >= 11 is 0. The van der Waals surface area contributed by atoms with Gasteiger partial charge in [-0.3, -0.25) is 4.98 Å². The Balaban J connectivity index is 0.000000152. The largest absolute Gasteiger partial charge is 3.00 e. The third-order valence-corrected chi connectivity index (χ3v) is 10.6. The van der Waals surface area contributed by atoms with E-state index in [1.807, 2.05) is 36.4 Å². The summed E-state index contributed by atoms with van der Waals surface area (Å²) in [5, 5.41) is 4.39. The molecular formula is C43H34IrN4O+. The summed E-state index contributed by atoms with van der Waals surface area (Å²) in [6.45, 7) is 7.18. The molecule has 1 aliphatic rings. The number of para-hydroxylation sites is 3. The second-order valence-corrected chi connectivity index (χ2v) is 13.5. The maximum atomic E-state index is 7.68. The minimum atomic E-state index is -2.30. The molecule has 9 aromatic rings. The molecule has 10 rings (SSSR count). The van der Waals surface area contributed by atoms with Gasteiger partial charge in [0.05, 0.1) is 45.4 Å². The van der Waals surface area contributed by atoms with Crippen LogP contribution in [0.1, 0.15) is 43.1 Å². The van der Waals surface area contributed by atoms with Gasteiger partial charge in [0.1, 0.15) is 0 Å². The van der Waals surface area contributed by atoms with E-state index in [0.717, 1.165) is 33.3 Å². The molecule has 1 aliphatic heterocycles. The first-order chi connectivity index (χ1) is 24.5. The molecule has 0 unspecified atom stereocenters. The first-order valence-corrected chi connectivity index (χ1v) is 16.2. The van der Waals surface area contributed by atoms with Crippen LogP contribution >= 0.6 is 0 Å². The summed E-state index contributed by atoms with van der Waals surface area (Å²) in [5.74, 6) is 0. The molecule has 0 amide bonds. The molecule has 4 aromatic heterocycles. The molecule has 5 nitrogen and oxygen atoms in total. The molecule has 0 saturated carbocycles. The van der Waals surface area contributed by atoms with Crippen molar-refractivity contribution in [2.75, 3.05) is 0 Å². The fourth-order valence-corrected chi connectivity index (χ4v) is 7.46. The number of nitrogens with zero attached hydrogens (tertiary/aromatic N) is 4. The molecular weight excluding hydrogens is 781 g/mol. The van der Waals surface area contributed by atoms with Crippen molar-refractivity contribution in [1.82, 2.24) is 14.0 Å². The molecule has 0 atom stereocenters. The van der Waals surface area contributed by atoms with Gasteiger partial charge in [0, 0.05) is 33.2 Å². The van der Waals surface area contributed by atoms with Crippen molar-refractivity contribution < 1.29 is 33.2 Å². The average Bonchev–Trinajstić information content (AvgIpc) is 3.86. The van der Waals surface area contributed by atoms with Gasteiger partial charge in [0.2, 0.25) is 6.33 Å². The van der Waals surface area contributed by atoms with Crippen LogP contribution in [0.2, 0.25) is 0 Å². The zero-order valence-corrected chi connectivity index (χ0v) is 29.9. The quantitative estimate of drug-likeness (QED) is 0.0992. The molecule has 0 bridgehead atoms. The molecule has 0 fully saturated rings. The van der Waals surface area contributed by atoms with E-state index in [-0.39, 0.29) is 30.9 Å². The Morgan fingerprint density at radius 3 is 2.33 bits per heavy atom. The Bertz CT molecular complexity index is 2810. The predicted molar refractivity (Wildman–Crippen MR) is 192 cm³/mol. The predicted octanol–water partition coefficient (Wildman–Crippen LogP) is 9.48. The van der Waals surface area contributed by atoms with Crippen molar-refractivity contribution in [3.63, 3.8) is 0 Å². The van der Waals surface area contributed by atoms with Crippen molar-refractivity contribution in [2.45, 2.75) is 38.5 Å². The van der Waals surface area contributed by atoms with Gasteiger partial charge in [-0.2, -0.15) is 0 Å². The van der Waals surface area contributed by atoms with Crippen LogP contribution in [0.15, 0.2) is 120 Å². The molecule has 240 valence electrons. The minimum absolute atomic E-state index is 0. The van der Waals surface area contributed by atoms with Crippen molar-refractivity contribution >= 4 is 49.3 Å². The third kappa shape index (κ3) is 4.40. The smallest absolute Gasteiger partial charge is 0.514 e. The van der Waals surface area contributed by atoms with Crippen LogP contribution < -0.4 is 4.57 Å². The number of hydrogen-bond acceptors (Lipinski definition) is 2. The number of furan rings is 1. The number of pyridine rings is 1. The molecule has 5 heterocycles. The van der Waals surface area contributed by atoms with E-state index < -0.39 is 6.98 Å². The Morgan fingerprint density at radius 2 is 1.51 bits per heavy atom.